The fourth-order valence-corrected chi connectivity index (χ4v) is 6.57. The number of primary amides is 1. The molecule has 36 heavy (non-hydrogen) atoms. The van der Waals surface area contributed by atoms with Gasteiger partial charge in [0.2, 0.25) is 5.91 Å². The Morgan fingerprint density at radius 3 is 2.31 bits per heavy atom. The number of phenols is 1. The molecular weight excluding hydrogens is 466 g/mol. The number of hydrogen-bond donors (Lipinski definition) is 3. The van der Waals surface area contributed by atoms with Crippen LogP contribution in [-0.2, 0) is 32.0 Å². The second-order valence-corrected chi connectivity index (χ2v) is 10.7. The van der Waals surface area contributed by atoms with E-state index in [-0.39, 0.29) is 24.2 Å². The molecule has 0 radical (unpaired) electrons. The van der Waals surface area contributed by atoms with Crippen molar-refractivity contribution >= 4 is 34.7 Å². The van der Waals surface area contributed by atoms with Crippen molar-refractivity contribution in [1.29, 1.82) is 0 Å². The predicted molar refractivity (Wildman–Crippen MR) is 130 cm³/mol. The fraction of sp³-hybridized carbons (Fsp3) is 0.577. The first kappa shape index (κ1) is 26.0. The number of aryl methyl sites for hydroxylation is 1. The lowest BCUT2D eigenvalue weighted by Crippen LogP contribution is -2.74. The van der Waals surface area contributed by atoms with Crippen LogP contribution in [0.25, 0.3) is 0 Å². The summed E-state index contributed by atoms with van der Waals surface area (Å²) >= 11 is 0. The lowest BCUT2D eigenvalue weighted by atomic mass is 9.52. The normalized spacial score (nSPS) is 31.7. The number of aromatic hydroxyl groups is 1. The van der Waals surface area contributed by atoms with Gasteiger partial charge < -0.3 is 20.8 Å². The van der Waals surface area contributed by atoms with Crippen LogP contribution in [0.2, 0.25) is 0 Å². The number of benzene rings is 1. The first-order valence-electron chi connectivity index (χ1n) is 12.2. The molecule has 1 aromatic rings. The molecule has 2 unspecified atom stereocenters. The zero-order valence-electron chi connectivity index (χ0n) is 21.2. The van der Waals surface area contributed by atoms with Crippen molar-refractivity contribution in [2.75, 3.05) is 33.1 Å². The number of rotatable bonds is 5. The van der Waals surface area contributed by atoms with E-state index in [0.717, 1.165) is 12.1 Å². The molecule has 0 saturated heterocycles. The predicted octanol–water partition coefficient (Wildman–Crippen LogP) is -0.114. The average Bonchev–Trinajstić information content (AvgIpc) is 2.77. The van der Waals surface area contributed by atoms with Gasteiger partial charge in [-0.1, -0.05) is 13.3 Å². The number of nitrogens with two attached hydrogens (primary N) is 1. The largest absolute Gasteiger partial charge is 0.507 e. The van der Waals surface area contributed by atoms with Crippen LogP contribution in [0.4, 0.5) is 5.69 Å². The number of Topliss-reactive ketones (excluding diaryl/α,β-unsaturated/α-hetero) is 4. The van der Waals surface area contributed by atoms with E-state index in [1.165, 1.54) is 4.90 Å². The number of amides is 1. The molecule has 3 aliphatic rings. The monoisotopic (exact) mass is 499 g/mol. The molecule has 6 atom stereocenters. The number of fused-ring (bicyclic) bond motifs is 3. The third-order valence-corrected chi connectivity index (χ3v) is 8.12. The van der Waals surface area contributed by atoms with Crippen molar-refractivity contribution in [3.8, 4) is 5.75 Å². The Labute approximate surface area is 209 Å². The van der Waals surface area contributed by atoms with Crippen molar-refractivity contribution < 1.29 is 34.2 Å². The molecule has 0 spiro atoms. The van der Waals surface area contributed by atoms with E-state index >= 15 is 0 Å². The second kappa shape index (κ2) is 8.77. The van der Waals surface area contributed by atoms with Gasteiger partial charge in [0.15, 0.2) is 34.7 Å². The summed E-state index contributed by atoms with van der Waals surface area (Å²) in [5, 5.41) is 22.7. The number of ketones is 4. The van der Waals surface area contributed by atoms with E-state index in [9.17, 15) is 34.2 Å². The van der Waals surface area contributed by atoms with Crippen LogP contribution in [0.3, 0.4) is 0 Å². The Morgan fingerprint density at radius 1 is 1.14 bits per heavy atom. The lowest BCUT2D eigenvalue weighted by Gasteiger charge is -2.52. The minimum Gasteiger partial charge on any atom is -0.507 e. The van der Waals surface area contributed by atoms with Gasteiger partial charge in [0.05, 0.1) is 17.5 Å². The van der Waals surface area contributed by atoms with Crippen molar-refractivity contribution in [2.24, 2.45) is 29.4 Å². The van der Waals surface area contributed by atoms with Crippen LogP contribution in [-0.4, -0.2) is 84.0 Å². The van der Waals surface area contributed by atoms with Crippen LogP contribution in [0.5, 0.6) is 5.75 Å². The molecule has 0 aliphatic heterocycles. The van der Waals surface area contributed by atoms with Crippen LogP contribution in [0.1, 0.15) is 41.3 Å². The van der Waals surface area contributed by atoms with Crippen molar-refractivity contribution in [2.45, 2.75) is 44.2 Å². The van der Waals surface area contributed by atoms with Crippen molar-refractivity contribution in [3.05, 3.63) is 22.8 Å². The molecule has 194 valence electrons. The minimum absolute atomic E-state index is 0.0359. The molecule has 1 aromatic carbocycles. The second-order valence-electron chi connectivity index (χ2n) is 10.7. The zero-order chi connectivity index (χ0) is 26.9. The molecule has 10 heteroatoms. The number of nitrogens with zero attached hydrogens (tertiary/aromatic N) is 2. The van der Waals surface area contributed by atoms with Crippen LogP contribution >= 0.6 is 0 Å². The number of phenolic OH excluding ortho intramolecular Hbond substituents is 1. The number of carbonyl (C=O) groups excluding carboxylic acids is 5. The molecular formula is C26H33N3O7. The van der Waals surface area contributed by atoms with Gasteiger partial charge in [0, 0.05) is 25.7 Å². The van der Waals surface area contributed by atoms with Crippen molar-refractivity contribution in [1.82, 2.24) is 4.90 Å². The summed E-state index contributed by atoms with van der Waals surface area (Å²) in [5.74, 6) is -10.2. The third-order valence-electron chi connectivity index (χ3n) is 8.12. The molecule has 2 saturated carbocycles. The Bertz CT molecular complexity index is 1190. The molecule has 2 fully saturated rings. The summed E-state index contributed by atoms with van der Waals surface area (Å²) in [6, 6.07) is 0.736. The molecule has 0 aromatic heterocycles. The van der Waals surface area contributed by atoms with Crippen LogP contribution in [0.15, 0.2) is 6.07 Å². The van der Waals surface area contributed by atoms with E-state index in [2.05, 4.69) is 0 Å². The summed E-state index contributed by atoms with van der Waals surface area (Å²) < 4.78 is 0. The highest BCUT2D eigenvalue weighted by molar-refractivity contribution is 6.32. The van der Waals surface area contributed by atoms with Gasteiger partial charge >= 0.3 is 0 Å². The van der Waals surface area contributed by atoms with Crippen LogP contribution < -0.4 is 10.6 Å². The summed E-state index contributed by atoms with van der Waals surface area (Å²) in [4.78, 5) is 69.5. The molecule has 4 N–H and O–H groups in total. The standard InChI is InChI=1S/C26H33N3O7/c1-6-7-11-10-15(28(2)3)13-8-12-9-14-19(29(4)5)22(32)18(25(27)35)24(34)26(14,36)23(33)16(12)21(31)17(13)20(11)30/h10,12,14,16,18-19,30,36H,6-9H2,1-5H3,(H2,27,35)/t12-,14-,16?,18?,19-,26-/m0/s1. The van der Waals surface area contributed by atoms with Crippen LogP contribution in [0, 0.1) is 23.7 Å². The number of carbonyl (C=O) groups is 5. The smallest absolute Gasteiger partial charge is 0.235 e. The molecule has 4 rings (SSSR count). The quantitative estimate of drug-likeness (QED) is 0.470. The van der Waals surface area contributed by atoms with E-state index in [1.807, 2.05) is 32.0 Å². The van der Waals surface area contributed by atoms with Gasteiger partial charge in [-0.25, -0.2) is 0 Å². The number of likely N-dealkylation sites (N-methyl/N-ethyl adjacent to an activating group) is 1. The molecule has 10 nitrogen and oxygen atoms in total. The van der Waals surface area contributed by atoms with Gasteiger partial charge in [-0.05, 0) is 56.5 Å². The van der Waals surface area contributed by atoms with E-state index in [1.54, 1.807) is 14.1 Å². The van der Waals surface area contributed by atoms with Crippen molar-refractivity contribution in [3.63, 3.8) is 0 Å². The van der Waals surface area contributed by atoms with E-state index in [4.69, 9.17) is 5.73 Å². The highest BCUT2D eigenvalue weighted by Crippen LogP contribution is 2.52. The minimum atomic E-state index is -2.71. The summed E-state index contributed by atoms with van der Waals surface area (Å²) in [7, 11) is 6.78. The maximum absolute atomic E-state index is 13.9. The van der Waals surface area contributed by atoms with Gasteiger partial charge in [0.25, 0.3) is 0 Å². The summed E-state index contributed by atoms with van der Waals surface area (Å²) in [5.41, 5.74) is 4.60. The van der Waals surface area contributed by atoms with E-state index < -0.39 is 64.4 Å². The maximum atomic E-state index is 13.9. The van der Waals surface area contributed by atoms with Gasteiger partial charge in [-0.15, -0.1) is 0 Å². The third kappa shape index (κ3) is 3.42. The molecule has 0 heterocycles. The first-order valence-corrected chi connectivity index (χ1v) is 12.2. The highest BCUT2D eigenvalue weighted by atomic mass is 16.3. The molecule has 3 aliphatic carbocycles. The lowest BCUT2D eigenvalue weighted by molar-refractivity contribution is -0.181. The first-order chi connectivity index (χ1) is 16.8. The summed E-state index contributed by atoms with van der Waals surface area (Å²) in [6.45, 7) is 1.94. The van der Waals surface area contributed by atoms with Gasteiger partial charge in [-0.2, -0.15) is 0 Å². The number of aliphatic hydroxyl groups is 1. The average molecular weight is 500 g/mol. The Kier molecular flexibility index (Phi) is 6.33. The molecule has 0 bridgehead atoms. The zero-order valence-corrected chi connectivity index (χ0v) is 21.2. The number of anilines is 1. The topological polar surface area (TPSA) is 158 Å². The Balaban J connectivity index is 1.90. The highest BCUT2D eigenvalue weighted by Gasteiger charge is 2.69. The maximum Gasteiger partial charge on any atom is 0.235 e. The fourth-order valence-electron chi connectivity index (χ4n) is 6.57. The van der Waals surface area contributed by atoms with E-state index in [0.29, 0.717) is 17.5 Å². The SMILES string of the molecule is CCCc1cc(N(C)C)c2c(c1O)C(=O)C1C(=O)[C@]3(O)C(=O)C(C(N)=O)C(=O)[C@@H](N(C)C)[C@@H]3C[C@@H]1C2. The number of hydrogen-bond acceptors (Lipinski definition) is 9. The van der Waals surface area contributed by atoms with Gasteiger partial charge in [-0.3, -0.25) is 28.9 Å². The Hall–Kier alpha value is -3.11. The molecule has 1 amide bonds. The Morgan fingerprint density at radius 2 is 1.78 bits per heavy atom. The summed E-state index contributed by atoms with van der Waals surface area (Å²) in [6.07, 6.45) is 1.53. The van der Waals surface area contributed by atoms with Gasteiger partial charge in [0.1, 0.15) is 5.75 Å².